The molecule has 3 aromatic carbocycles. The highest BCUT2D eigenvalue weighted by Crippen LogP contribution is 2.30. The van der Waals surface area contributed by atoms with E-state index in [4.69, 9.17) is 31.7 Å². The van der Waals surface area contributed by atoms with Crippen molar-refractivity contribution in [3.8, 4) is 11.4 Å². The number of rotatable bonds is 4. The maximum atomic E-state index is 7.27. The molecular weight excluding hydrogens is 460 g/mol. The Morgan fingerprint density at radius 1 is 0.811 bits per heavy atom. The molecule has 8 nitrogen and oxygen atoms in total. The lowest BCUT2D eigenvalue weighted by atomic mass is 10.1. The molecule has 178 valence electrons. The Morgan fingerprint density at radius 2 is 1.57 bits per heavy atom. The van der Waals surface area contributed by atoms with Crippen LogP contribution in [-0.4, -0.2) is 36.8 Å². The predicted molar refractivity (Wildman–Crippen MR) is 146 cm³/mol. The van der Waals surface area contributed by atoms with Gasteiger partial charge in [-0.25, -0.2) is 24.5 Å². The van der Waals surface area contributed by atoms with Gasteiger partial charge in [0.15, 0.2) is 28.8 Å². The van der Waals surface area contributed by atoms with E-state index in [2.05, 4.69) is 23.9 Å². The first-order valence-electron chi connectivity index (χ1n) is 11.8. The first-order valence-corrected chi connectivity index (χ1v) is 11.8. The van der Waals surface area contributed by atoms with Crippen molar-refractivity contribution in [3.63, 3.8) is 0 Å². The van der Waals surface area contributed by atoms with Crippen LogP contribution in [0.25, 0.3) is 21.9 Å². The summed E-state index contributed by atoms with van der Waals surface area (Å²) in [6.07, 6.45) is 0. The lowest BCUT2D eigenvalue weighted by molar-refractivity contribution is 0.800. The fraction of sp³-hybridized carbons (Fsp3) is 0.103. The van der Waals surface area contributed by atoms with E-state index >= 15 is 0 Å². The summed E-state index contributed by atoms with van der Waals surface area (Å²) in [5.74, 6) is 1.83. The van der Waals surface area contributed by atoms with Crippen LogP contribution in [0, 0.1) is 20.4 Å². The van der Waals surface area contributed by atoms with E-state index in [1.165, 1.54) is 0 Å². The number of nitrogens with zero attached hydrogens (tertiary/aromatic N) is 8. The highest BCUT2D eigenvalue weighted by molar-refractivity contribution is 6.54. The SMILES string of the molecule is [C-]#[N+]c1ccc(C2=NC(c3ccccc3)=NC2=Nc2c(C)nn3c(-c4cccc(C)c4)nn(C)c23)cc1. The monoisotopic (exact) mass is 482 g/mol. The van der Waals surface area contributed by atoms with Crippen molar-refractivity contribution in [2.75, 3.05) is 0 Å². The molecule has 0 amide bonds. The third kappa shape index (κ3) is 3.93. The summed E-state index contributed by atoms with van der Waals surface area (Å²) in [5.41, 5.74) is 7.32. The van der Waals surface area contributed by atoms with Crippen molar-refractivity contribution in [1.82, 2.24) is 19.4 Å². The molecule has 3 heterocycles. The number of aliphatic imine (C=N–C) groups is 3. The van der Waals surface area contributed by atoms with Crippen LogP contribution in [0.5, 0.6) is 0 Å². The summed E-state index contributed by atoms with van der Waals surface area (Å²) >= 11 is 0. The average Bonchev–Trinajstić information content (AvgIpc) is 3.58. The van der Waals surface area contributed by atoms with Crippen molar-refractivity contribution in [2.24, 2.45) is 22.0 Å². The second-order valence-corrected chi connectivity index (χ2v) is 8.84. The fourth-order valence-corrected chi connectivity index (χ4v) is 4.39. The zero-order chi connectivity index (χ0) is 25.5. The summed E-state index contributed by atoms with van der Waals surface area (Å²) in [4.78, 5) is 18.2. The lowest BCUT2D eigenvalue weighted by Crippen LogP contribution is -2.09. The lowest BCUT2D eigenvalue weighted by Gasteiger charge is -2.02. The number of amidine groups is 2. The maximum Gasteiger partial charge on any atom is 0.187 e. The molecular formula is C29H22N8. The maximum absolute atomic E-state index is 7.27. The number of aryl methyl sites for hydroxylation is 3. The smallest absolute Gasteiger partial charge is 0.187 e. The van der Waals surface area contributed by atoms with Crippen LogP contribution in [0.15, 0.2) is 93.8 Å². The van der Waals surface area contributed by atoms with Crippen molar-refractivity contribution in [2.45, 2.75) is 13.8 Å². The summed E-state index contributed by atoms with van der Waals surface area (Å²) < 4.78 is 3.64. The van der Waals surface area contributed by atoms with Crippen molar-refractivity contribution >= 4 is 34.4 Å². The molecule has 0 aliphatic carbocycles. The van der Waals surface area contributed by atoms with E-state index < -0.39 is 0 Å². The van der Waals surface area contributed by atoms with Crippen LogP contribution in [0.4, 0.5) is 11.4 Å². The first-order chi connectivity index (χ1) is 18.0. The third-order valence-corrected chi connectivity index (χ3v) is 6.19. The fourth-order valence-electron chi connectivity index (χ4n) is 4.39. The highest BCUT2D eigenvalue weighted by Gasteiger charge is 2.24. The molecule has 0 saturated heterocycles. The van der Waals surface area contributed by atoms with E-state index in [1.807, 2.05) is 73.1 Å². The van der Waals surface area contributed by atoms with Crippen LogP contribution in [0.3, 0.4) is 0 Å². The topological polar surface area (TPSA) is 76.6 Å². The molecule has 0 atom stereocenters. The van der Waals surface area contributed by atoms with Gasteiger partial charge in [-0.3, -0.25) is 0 Å². The van der Waals surface area contributed by atoms with Crippen molar-refractivity contribution in [3.05, 3.63) is 113 Å². The Bertz CT molecular complexity index is 1790. The summed E-state index contributed by atoms with van der Waals surface area (Å²) in [7, 11) is 1.89. The molecule has 0 N–H and O–H groups in total. The zero-order valence-corrected chi connectivity index (χ0v) is 20.6. The molecule has 0 fully saturated rings. The Morgan fingerprint density at radius 3 is 2.30 bits per heavy atom. The second kappa shape index (κ2) is 8.81. The first kappa shape index (κ1) is 22.3. The van der Waals surface area contributed by atoms with Gasteiger partial charge in [0.2, 0.25) is 0 Å². The second-order valence-electron chi connectivity index (χ2n) is 8.84. The van der Waals surface area contributed by atoms with E-state index in [9.17, 15) is 0 Å². The standard InChI is InChI=1S/C29H22N8/c1-18-9-8-12-22(17-18)28-35-36(4)29-24(19(2)34-37(28)29)31-27-25(20-13-15-23(30-3)16-14-20)32-26(33-27)21-10-6-5-7-11-21/h5-17H,1-2,4H3. The van der Waals surface area contributed by atoms with Gasteiger partial charge in [0, 0.05) is 23.7 Å². The quantitative estimate of drug-likeness (QED) is 0.300. The van der Waals surface area contributed by atoms with Crippen LogP contribution < -0.4 is 0 Å². The van der Waals surface area contributed by atoms with Crippen molar-refractivity contribution in [1.29, 1.82) is 0 Å². The van der Waals surface area contributed by atoms with Gasteiger partial charge in [-0.2, -0.15) is 14.7 Å². The molecule has 6 rings (SSSR count). The van der Waals surface area contributed by atoms with Gasteiger partial charge < -0.3 is 0 Å². The minimum atomic E-state index is 0.491. The molecule has 37 heavy (non-hydrogen) atoms. The minimum absolute atomic E-state index is 0.491. The van der Waals surface area contributed by atoms with Crippen LogP contribution in [0.1, 0.15) is 22.4 Å². The van der Waals surface area contributed by atoms with Gasteiger partial charge in [-0.1, -0.05) is 78.4 Å². The molecule has 0 bridgehead atoms. The van der Waals surface area contributed by atoms with E-state index in [0.29, 0.717) is 28.8 Å². The predicted octanol–water partition coefficient (Wildman–Crippen LogP) is 5.88. The highest BCUT2D eigenvalue weighted by atomic mass is 15.4. The Kier molecular flexibility index (Phi) is 5.31. The Labute approximate surface area is 213 Å². The van der Waals surface area contributed by atoms with Crippen LogP contribution in [0.2, 0.25) is 0 Å². The average molecular weight is 483 g/mol. The molecule has 5 aromatic rings. The number of hydrogen-bond donors (Lipinski definition) is 0. The third-order valence-electron chi connectivity index (χ3n) is 6.19. The van der Waals surface area contributed by atoms with Gasteiger partial charge in [0.05, 0.1) is 12.3 Å². The molecule has 0 saturated carbocycles. The Balaban J connectivity index is 1.52. The van der Waals surface area contributed by atoms with Gasteiger partial charge >= 0.3 is 0 Å². The Hall–Kier alpha value is -5.16. The summed E-state index contributed by atoms with van der Waals surface area (Å²) in [6.45, 7) is 11.3. The summed E-state index contributed by atoms with van der Waals surface area (Å²) in [5, 5.41) is 9.53. The normalized spacial score (nSPS) is 14.2. The largest absolute Gasteiger partial charge is 0.247 e. The number of benzene rings is 3. The minimum Gasteiger partial charge on any atom is -0.247 e. The zero-order valence-electron chi connectivity index (χ0n) is 20.6. The van der Waals surface area contributed by atoms with Crippen LogP contribution >= 0.6 is 0 Å². The van der Waals surface area contributed by atoms with E-state index in [1.54, 1.807) is 16.8 Å². The molecule has 0 unspecified atom stereocenters. The summed E-state index contributed by atoms with van der Waals surface area (Å²) in [6, 6.07) is 25.3. The molecule has 1 aliphatic rings. The van der Waals surface area contributed by atoms with Gasteiger partial charge in [0.25, 0.3) is 0 Å². The molecule has 0 spiro atoms. The molecule has 1 aliphatic heterocycles. The van der Waals surface area contributed by atoms with Crippen molar-refractivity contribution < 1.29 is 0 Å². The van der Waals surface area contributed by atoms with Crippen LogP contribution in [-0.2, 0) is 7.05 Å². The molecule has 2 aromatic heterocycles. The van der Waals surface area contributed by atoms with Gasteiger partial charge in [0.1, 0.15) is 11.4 Å². The number of fused-ring (bicyclic) bond motifs is 1. The van der Waals surface area contributed by atoms with E-state index in [-0.39, 0.29) is 0 Å². The van der Waals surface area contributed by atoms with E-state index in [0.717, 1.165) is 39.4 Å². The number of hydrogen-bond acceptors (Lipinski definition) is 4. The number of aromatic nitrogens is 4. The van der Waals surface area contributed by atoms with Gasteiger partial charge in [-0.05, 0) is 19.9 Å². The molecule has 0 radical (unpaired) electrons. The molecule has 8 heteroatoms. The van der Waals surface area contributed by atoms with Gasteiger partial charge in [-0.15, -0.1) is 0 Å².